The summed E-state index contributed by atoms with van der Waals surface area (Å²) in [6.45, 7) is 0.993. The number of ether oxygens (including phenoxy) is 2. The number of hydrogen-bond donors (Lipinski definition) is 1. The van der Waals surface area contributed by atoms with Gasteiger partial charge in [-0.2, -0.15) is 5.26 Å². The third kappa shape index (κ3) is 4.98. The van der Waals surface area contributed by atoms with Gasteiger partial charge in [0.15, 0.2) is 18.1 Å². The molecule has 25 heavy (non-hydrogen) atoms. The van der Waals surface area contributed by atoms with E-state index in [9.17, 15) is 9.59 Å². The highest BCUT2D eigenvalue weighted by atomic mass is 16.5. The van der Waals surface area contributed by atoms with Crippen molar-refractivity contribution in [3.63, 3.8) is 0 Å². The number of amides is 2. The van der Waals surface area contributed by atoms with Crippen LogP contribution in [0.25, 0.3) is 6.08 Å². The van der Waals surface area contributed by atoms with Crippen molar-refractivity contribution >= 4 is 17.9 Å². The van der Waals surface area contributed by atoms with Gasteiger partial charge >= 0.3 is 0 Å². The lowest BCUT2D eigenvalue weighted by molar-refractivity contribution is -0.130. The smallest absolute Gasteiger partial charge is 0.246 e. The van der Waals surface area contributed by atoms with Crippen LogP contribution in [0.5, 0.6) is 11.5 Å². The molecule has 1 saturated heterocycles. The molecule has 1 aliphatic rings. The topological polar surface area (TPSA) is 106 Å². The van der Waals surface area contributed by atoms with E-state index >= 15 is 0 Å². The molecule has 0 aliphatic carbocycles. The third-order valence-corrected chi connectivity index (χ3v) is 4.11. The Balaban J connectivity index is 1.98. The van der Waals surface area contributed by atoms with E-state index < -0.39 is 0 Å². The number of methoxy groups -OCH3 is 1. The van der Waals surface area contributed by atoms with Crippen molar-refractivity contribution < 1.29 is 19.1 Å². The second kappa shape index (κ2) is 8.73. The summed E-state index contributed by atoms with van der Waals surface area (Å²) in [6.07, 6.45) is 4.40. The van der Waals surface area contributed by atoms with Crippen molar-refractivity contribution in [2.24, 2.45) is 11.7 Å². The number of hydrogen-bond acceptors (Lipinski definition) is 5. The van der Waals surface area contributed by atoms with Gasteiger partial charge in [0, 0.05) is 25.1 Å². The Bertz CT molecular complexity index is 701. The zero-order valence-electron chi connectivity index (χ0n) is 14.1. The van der Waals surface area contributed by atoms with Gasteiger partial charge in [-0.15, -0.1) is 0 Å². The summed E-state index contributed by atoms with van der Waals surface area (Å²) in [5.41, 5.74) is 6.08. The Morgan fingerprint density at radius 3 is 2.68 bits per heavy atom. The Kier molecular flexibility index (Phi) is 6.40. The predicted octanol–water partition coefficient (Wildman–Crippen LogP) is 1.33. The molecule has 7 nitrogen and oxygen atoms in total. The third-order valence-electron chi connectivity index (χ3n) is 4.11. The number of primary amides is 1. The zero-order valence-corrected chi connectivity index (χ0v) is 14.1. The van der Waals surface area contributed by atoms with Crippen LogP contribution in [-0.4, -0.2) is 43.5 Å². The average Bonchev–Trinajstić information content (AvgIpc) is 2.64. The maximum atomic E-state index is 12.2. The van der Waals surface area contributed by atoms with E-state index in [1.807, 2.05) is 6.07 Å². The minimum absolute atomic E-state index is 0.0642. The number of benzene rings is 1. The van der Waals surface area contributed by atoms with E-state index in [-0.39, 0.29) is 24.3 Å². The molecule has 2 amide bonds. The lowest BCUT2D eigenvalue weighted by atomic mass is 9.96. The highest BCUT2D eigenvalue weighted by Gasteiger charge is 2.24. The number of rotatable bonds is 6. The van der Waals surface area contributed by atoms with Crippen LogP contribution in [-0.2, 0) is 9.59 Å². The van der Waals surface area contributed by atoms with Crippen LogP contribution in [0.4, 0.5) is 0 Å². The Labute approximate surface area is 146 Å². The van der Waals surface area contributed by atoms with Crippen LogP contribution < -0.4 is 15.2 Å². The normalized spacial score (nSPS) is 15.0. The van der Waals surface area contributed by atoms with Gasteiger partial charge in [-0.05, 0) is 36.6 Å². The van der Waals surface area contributed by atoms with E-state index in [0.29, 0.717) is 37.4 Å². The summed E-state index contributed by atoms with van der Waals surface area (Å²) >= 11 is 0. The molecule has 1 aliphatic heterocycles. The molecule has 0 unspecified atom stereocenters. The van der Waals surface area contributed by atoms with E-state index in [2.05, 4.69) is 0 Å². The first-order valence-corrected chi connectivity index (χ1v) is 7.99. The van der Waals surface area contributed by atoms with Crippen molar-refractivity contribution in [2.75, 3.05) is 26.8 Å². The molecular weight excluding hydrogens is 322 g/mol. The Hall–Kier alpha value is -3.01. The lowest BCUT2D eigenvalue weighted by Crippen LogP contribution is -2.41. The van der Waals surface area contributed by atoms with E-state index in [1.54, 1.807) is 29.2 Å². The first-order valence-electron chi connectivity index (χ1n) is 7.99. The van der Waals surface area contributed by atoms with Crippen molar-refractivity contribution in [2.45, 2.75) is 12.8 Å². The molecule has 0 atom stereocenters. The van der Waals surface area contributed by atoms with Gasteiger partial charge in [0.1, 0.15) is 6.07 Å². The van der Waals surface area contributed by atoms with Crippen LogP contribution in [0.15, 0.2) is 24.3 Å². The molecule has 7 heteroatoms. The number of nitrogens with two attached hydrogens (primary N) is 1. The minimum Gasteiger partial charge on any atom is -0.493 e. The second-order valence-corrected chi connectivity index (χ2v) is 5.69. The minimum atomic E-state index is -0.298. The number of piperidine rings is 1. The van der Waals surface area contributed by atoms with Crippen LogP contribution >= 0.6 is 0 Å². The molecule has 0 spiro atoms. The maximum absolute atomic E-state index is 12.2. The average molecular weight is 343 g/mol. The van der Waals surface area contributed by atoms with Crippen molar-refractivity contribution in [3.8, 4) is 17.6 Å². The van der Waals surface area contributed by atoms with Gasteiger partial charge in [0.25, 0.3) is 0 Å². The molecule has 0 radical (unpaired) electrons. The summed E-state index contributed by atoms with van der Waals surface area (Å²) in [5, 5.41) is 8.57. The predicted molar refractivity (Wildman–Crippen MR) is 91.6 cm³/mol. The SMILES string of the molecule is COc1cc(C=CC(=O)N2CCC(C(N)=O)CC2)ccc1OCC#N. The van der Waals surface area contributed by atoms with Gasteiger partial charge in [-0.3, -0.25) is 9.59 Å². The highest BCUT2D eigenvalue weighted by molar-refractivity contribution is 5.92. The largest absolute Gasteiger partial charge is 0.493 e. The highest BCUT2D eigenvalue weighted by Crippen LogP contribution is 2.28. The molecule has 2 rings (SSSR count). The van der Waals surface area contributed by atoms with E-state index in [0.717, 1.165) is 5.56 Å². The molecule has 0 saturated carbocycles. The van der Waals surface area contributed by atoms with E-state index in [1.165, 1.54) is 13.2 Å². The molecule has 1 fully saturated rings. The number of nitrogens with zero attached hydrogens (tertiary/aromatic N) is 2. The van der Waals surface area contributed by atoms with Gasteiger partial charge in [-0.1, -0.05) is 6.07 Å². The molecule has 1 heterocycles. The lowest BCUT2D eigenvalue weighted by Gasteiger charge is -2.29. The summed E-state index contributed by atoms with van der Waals surface area (Å²) in [5.74, 6) is 0.423. The van der Waals surface area contributed by atoms with Gasteiger partial charge in [0.2, 0.25) is 11.8 Å². The Morgan fingerprint density at radius 2 is 2.08 bits per heavy atom. The quantitative estimate of drug-likeness (QED) is 0.785. The molecule has 0 aromatic heterocycles. The molecular formula is C18H21N3O4. The van der Waals surface area contributed by atoms with Crippen molar-refractivity contribution in [3.05, 3.63) is 29.8 Å². The summed E-state index contributed by atoms with van der Waals surface area (Å²) in [6, 6.07) is 7.10. The molecule has 0 bridgehead atoms. The maximum Gasteiger partial charge on any atom is 0.246 e. The number of likely N-dealkylation sites (tertiary alicyclic amines) is 1. The monoisotopic (exact) mass is 343 g/mol. The van der Waals surface area contributed by atoms with Crippen LogP contribution in [0.2, 0.25) is 0 Å². The molecule has 1 aromatic rings. The molecule has 132 valence electrons. The molecule has 2 N–H and O–H groups in total. The standard InChI is InChI=1S/C18H21N3O4/c1-24-16-12-13(2-4-15(16)25-11-8-19)3-5-17(22)21-9-6-14(7-10-21)18(20)23/h2-5,12,14H,6-7,9-11H2,1H3,(H2,20,23). The van der Waals surface area contributed by atoms with Crippen LogP contribution in [0.1, 0.15) is 18.4 Å². The summed E-state index contributed by atoms with van der Waals surface area (Å²) in [4.78, 5) is 25.1. The second-order valence-electron chi connectivity index (χ2n) is 5.69. The van der Waals surface area contributed by atoms with Crippen molar-refractivity contribution in [1.29, 1.82) is 5.26 Å². The number of nitriles is 1. The fraction of sp³-hybridized carbons (Fsp3) is 0.389. The van der Waals surface area contributed by atoms with Crippen LogP contribution in [0, 0.1) is 17.2 Å². The fourth-order valence-electron chi connectivity index (χ4n) is 2.67. The summed E-state index contributed by atoms with van der Waals surface area (Å²) < 4.78 is 10.5. The summed E-state index contributed by atoms with van der Waals surface area (Å²) in [7, 11) is 1.51. The molecule has 1 aromatic carbocycles. The van der Waals surface area contributed by atoms with Crippen molar-refractivity contribution in [1.82, 2.24) is 4.90 Å². The first-order chi connectivity index (χ1) is 12.0. The number of carbonyl (C=O) groups is 2. The van der Waals surface area contributed by atoms with Crippen LogP contribution in [0.3, 0.4) is 0 Å². The van der Waals surface area contributed by atoms with Gasteiger partial charge in [0.05, 0.1) is 7.11 Å². The number of carbonyl (C=O) groups excluding carboxylic acids is 2. The Morgan fingerprint density at radius 1 is 1.36 bits per heavy atom. The van der Waals surface area contributed by atoms with Gasteiger partial charge in [-0.25, -0.2) is 0 Å². The van der Waals surface area contributed by atoms with E-state index in [4.69, 9.17) is 20.5 Å². The zero-order chi connectivity index (χ0) is 18.2. The van der Waals surface area contributed by atoms with Gasteiger partial charge < -0.3 is 20.1 Å². The fourth-order valence-corrected chi connectivity index (χ4v) is 2.67. The first kappa shape index (κ1) is 18.3.